The van der Waals surface area contributed by atoms with Gasteiger partial charge in [-0.25, -0.2) is 0 Å². The summed E-state index contributed by atoms with van der Waals surface area (Å²) in [6.07, 6.45) is -2.84. The molecule has 2 aromatic rings. The average molecular weight is 364 g/mol. The second-order valence-corrected chi connectivity index (χ2v) is 7.83. The quantitative estimate of drug-likeness (QED) is 0.596. The standard InChI is InChI=1S/C20H12O7/c21-7-3-1-5-6-2-4-8(22)11-12(6)20(25,19-18(27-19)15(11)24)13-9(5)10(7)14(23)17-16(13)26-17/h1-4,13,16-19,21-22,25H. The molecule has 134 valence electrons. The van der Waals surface area contributed by atoms with Gasteiger partial charge >= 0.3 is 0 Å². The van der Waals surface area contributed by atoms with E-state index < -0.39 is 35.9 Å². The Balaban J connectivity index is 1.68. The van der Waals surface area contributed by atoms with E-state index in [1.54, 1.807) is 12.1 Å². The van der Waals surface area contributed by atoms with Crippen molar-refractivity contribution in [1.29, 1.82) is 0 Å². The molecule has 2 aromatic carbocycles. The second-order valence-electron chi connectivity index (χ2n) is 7.83. The van der Waals surface area contributed by atoms with Crippen LogP contribution in [0, 0.1) is 0 Å². The van der Waals surface area contributed by atoms with E-state index in [0.29, 0.717) is 22.3 Å². The normalized spacial score (nSPS) is 38.5. The van der Waals surface area contributed by atoms with Crippen LogP contribution in [0.4, 0.5) is 0 Å². The lowest BCUT2D eigenvalue weighted by Crippen LogP contribution is -2.51. The first kappa shape index (κ1) is 14.3. The molecule has 0 saturated carbocycles. The van der Waals surface area contributed by atoms with E-state index >= 15 is 0 Å². The Labute approximate surface area is 151 Å². The van der Waals surface area contributed by atoms with Crippen LogP contribution < -0.4 is 0 Å². The molecule has 27 heavy (non-hydrogen) atoms. The van der Waals surface area contributed by atoms with Crippen LogP contribution in [0.5, 0.6) is 11.5 Å². The number of fused-ring (bicyclic) bond motifs is 6. The van der Waals surface area contributed by atoms with Crippen molar-refractivity contribution in [2.45, 2.75) is 35.9 Å². The van der Waals surface area contributed by atoms with Gasteiger partial charge in [0, 0.05) is 5.56 Å². The molecule has 5 aliphatic rings. The summed E-state index contributed by atoms with van der Waals surface area (Å²) in [7, 11) is 0. The van der Waals surface area contributed by atoms with Gasteiger partial charge in [0.25, 0.3) is 0 Å². The highest BCUT2D eigenvalue weighted by Crippen LogP contribution is 2.66. The van der Waals surface area contributed by atoms with Gasteiger partial charge in [0.2, 0.25) is 0 Å². The summed E-state index contributed by atoms with van der Waals surface area (Å²) in [5.41, 5.74) is 0.715. The molecule has 2 fully saturated rings. The largest absolute Gasteiger partial charge is 0.507 e. The number of carbonyl (C=O) groups excluding carboxylic acids is 2. The van der Waals surface area contributed by atoms with E-state index in [1.807, 2.05) is 0 Å². The predicted molar refractivity (Wildman–Crippen MR) is 87.8 cm³/mol. The lowest BCUT2D eigenvalue weighted by Gasteiger charge is -2.45. The van der Waals surface area contributed by atoms with Crippen LogP contribution in [0.3, 0.4) is 0 Å². The highest BCUT2D eigenvalue weighted by atomic mass is 16.6. The van der Waals surface area contributed by atoms with Crippen molar-refractivity contribution in [3.05, 3.63) is 46.5 Å². The average Bonchev–Trinajstić information content (AvgIpc) is 3.52. The third-order valence-corrected chi connectivity index (χ3v) is 6.67. The minimum absolute atomic E-state index is 0.0723. The SMILES string of the molecule is O=C1c2c(O)ccc3c2C(C2OC12)C1(O)c2c-3ccc(O)c2C(=O)C2OC21. The fraction of sp³-hybridized carbons (Fsp3) is 0.300. The Bertz CT molecular complexity index is 1150. The summed E-state index contributed by atoms with van der Waals surface area (Å²) < 4.78 is 11.1. The lowest BCUT2D eigenvalue weighted by molar-refractivity contribution is -0.0304. The Kier molecular flexibility index (Phi) is 2.08. The number of benzene rings is 2. The Morgan fingerprint density at radius 2 is 1.52 bits per heavy atom. The van der Waals surface area contributed by atoms with Crippen molar-refractivity contribution >= 4 is 11.6 Å². The summed E-state index contributed by atoms with van der Waals surface area (Å²) in [6.45, 7) is 0. The molecule has 6 atom stereocenters. The third-order valence-electron chi connectivity index (χ3n) is 6.67. The third kappa shape index (κ3) is 1.32. The van der Waals surface area contributed by atoms with Gasteiger partial charge in [0.15, 0.2) is 17.7 Å². The highest BCUT2D eigenvalue weighted by Gasteiger charge is 2.74. The lowest BCUT2D eigenvalue weighted by atomic mass is 9.58. The van der Waals surface area contributed by atoms with Crippen molar-refractivity contribution in [2.24, 2.45) is 0 Å². The zero-order valence-electron chi connectivity index (χ0n) is 13.7. The molecule has 7 rings (SSSR count). The maximum Gasteiger partial charge on any atom is 0.198 e. The number of hydrogen-bond donors (Lipinski definition) is 3. The van der Waals surface area contributed by atoms with Gasteiger partial charge in [0.1, 0.15) is 35.4 Å². The molecular weight excluding hydrogens is 352 g/mol. The van der Waals surface area contributed by atoms with Crippen LogP contribution in [0.1, 0.15) is 37.8 Å². The van der Waals surface area contributed by atoms with Gasteiger partial charge in [-0.2, -0.15) is 0 Å². The van der Waals surface area contributed by atoms with Gasteiger partial charge in [-0.15, -0.1) is 0 Å². The summed E-state index contributed by atoms with van der Waals surface area (Å²) in [5.74, 6) is -1.65. The van der Waals surface area contributed by atoms with Crippen LogP contribution >= 0.6 is 0 Å². The number of Topliss-reactive ketones (excluding diaryl/α,β-unsaturated/α-hetero) is 2. The second kappa shape index (κ2) is 3.91. The van der Waals surface area contributed by atoms with Crippen LogP contribution in [0.15, 0.2) is 24.3 Å². The predicted octanol–water partition coefficient (Wildman–Crippen LogP) is 0.977. The number of carbonyl (C=O) groups is 2. The molecular formula is C20H12O7. The Hall–Kier alpha value is -2.74. The van der Waals surface area contributed by atoms with Gasteiger partial charge in [-0.05, 0) is 28.8 Å². The van der Waals surface area contributed by atoms with Crippen molar-refractivity contribution in [1.82, 2.24) is 0 Å². The van der Waals surface area contributed by atoms with E-state index in [9.17, 15) is 24.9 Å². The monoisotopic (exact) mass is 364 g/mol. The number of ether oxygens (including phenoxy) is 2. The Morgan fingerprint density at radius 1 is 0.852 bits per heavy atom. The van der Waals surface area contributed by atoms with Gasteiger partial charge < -0.3 is 24.8 Å². The fourth-order valence-electron chi connectivity index (χ4n) is 5.54. The number of rotatable bonds is 0. The topological polar surface area (TPSA) is 120 Å². The molecule has 2 aliphatic heterocycles. The molecule has 3 aliphatic carbocycles. The molecule has 2 saturated heterocycles. The molecule has 0 radical (unpaired) electrons. The molecule has 0 amide bonds. The van der Waals surface area contributed by atoms with E-state index in [2.05, 4.69) is 0 Å². The van der Waals surface area contributed by atoms with Crippen molar-refractivity contribution in [3.8, 4) is 22.6 Å². The van der Waals surface area contributed by atoms with E-state index in [1.165, 1.54) is 12.1 Å². The molecule has 3 N–H and O–H groups in total. The molecule has 7 nitrogen and oxygen atoms in total. The van der Waals surface area contributed by atoms with Crippen molar-refractivity contribution < 1.29 is 34.4 Å². The summed E-state index contributed by atoms with van der Waals surface area (Å²) >= 11 is 0. The van der Waals surface area contributed by atoms with Gasteiger partial charge in [-0.1, -0.05) is 12.1 Å². The van der Waals surface area contributed by atoms with Gasteiger partial charge in [-0.3, -0.25) is 9.59 Å². The van der Waals surface area contributed by atoms with Crippen LogP contribution in [-0.2, 0) is 15.1 Å². The minimum Gasteiger partial charge on any atom is -0.507 e. The minimum atomic E-state index is -1.61. The summed E-state index contributed by atoms with van der Waals surface area (Å²) in [5, 5.41) is 32.6. The number of phenols is 2. The summed E-state index contributed by atoms with van der Waals surface area (Å²) in [4.78, 5) is 25.4. The maximum absolute atomic E-state index is 12.7. The van der Waals surface area contributed by atoms with E-state index in [0.717, 1.165) is 0 Å². The van der Waals surface area contributed by atoms with Crippen LogP contribution in [0.2, 0.25) is 0 Å². The first-order chi connectivity index (χ1) is 12.9. The first-order valence-electron chi connectivity index (χ1n) is 8.79. The summed E-state index contributed by atoms with van der Waals surface area (Å²) in [6, 6.07) is 6.16. The number of aromatic hydroxyl groups is 2. The van der Waals surface area contributed by atoms with Crippen molar-refractivity contribution in [2.75, 3.05) is 0 Å². The molecule has 0 bridgehead atoms. The molecule has 2 heterocycles. The van der Waals surface area contributed by atoms with Crippen LogP contribution in [-0.4, -0.2) is 51.3 Å². The molecule has 7 heteroatoms. The number of hydrogen-bond acceptors (Lipinski definition) is 7. The number of phenolic OH excluding ortho intramolecular Hbond substituents is 2. The highest BCUT2D eigenvalue weighted by molar-refractivity contribution is 6.12. The number of ketones is 2. The Morgan fingerprint density at radius 3 is 2.30 bits per heavy atom. The zero-order chi connectivity index (χ0) is 18.4. The molecule has 0 spiro atoms. The van der Waals surface area contributed by atoms with Crippen LogP contribution in [0.25, 0.3) is 11.1 Å². The number of aliphatic hydroxyl groups is 1. The maximum atomic E-state index is 12.7. The molecule has 6 unspecified atom stereocenters. The number of epoxide rings is 2. The fourth-order valence-corrected chi connectivity index (χ4v) is 5.54. The van der Waals surface area contributed by atoms with Crippen molar-refractivity contribution in [3.63, 3.8) is 0 Å². The smallest absolute Gasteiger partial charge is 0.198 e. The zero-order valence-corrected chi connectivity index (χ0v) is 13.7. The van der Waals surface area contributed by atoms with Gasteiger partial charge in [0.05, 0.1) is 17.0 Å². The molecule has 0 aromatic heterocycles. The van der Waals surface area contributed by atoms with E-state index in [4.69, 9.17) is 9.47 Å². The first-order valence-corrected chi connectivity index (χ1v) is 8.79. The van der Waals surface area contributed by atoms with E-state index in [-0.39, 0.29) is 34.2 Å².